The fourth-order valence-corrected chi connectivity index (χ4v) is 5.56. The third-order valence-corrected chi connectivity index (χ3v) is 8.02. The van der Waals surface area contributed by atoms with Crippen molar-refractivity contribution < 1.29 is 18.1 Å². The van der Waals surface area contributed by atoms with Gasteiger partial charge in [0.2, 0.25) is 15.9 Å². The number of nitrogens with one attached hydrogen (secondary N) is 1. The van der Waals surface area contributed by atoms with E-state index >= 15 is 0 Å². The van der Waals surface area contributed by atoms with Crippen molar-refractivity contribution in [3.8, 4) is 0 Å². The van der Waals surface area contributed by atoms with Gasteiger partial charge in [0, 0.05) is 45.2 Å². The van der Waals surface area contributed by atoms with Gasteiger partial charge in [-0.2, -0.15) is 4.31 Å². The molecule has 9 nitrogen and oxygen atoms in total. The normalized spacial score (nSPS) is 15.3. The van der Waals surface area contributed by atoms with Crippen LogP contribution in [0.2, 0.25) is 0 Å². The Labute approximate surface area is 198 Å². The van der Waals surface area contributed by atoms with Gasteiger partial charge >= 0.3 is 0 Å². The fourth-order valence-electron chi connectivity index (χ4n) is 4.10. The Morgan fingerprint density at radius 1 is 1.00 bits per heavy atom. The van der Waals surface area contributed by atoms with Crippen molar-refractivity contribution in [2.45, 2.75) is 18.2 Å². The summed E-state index contributed by atoms with van der Waals surface area (Å²) in [6, 6.07) is 17.4. The Morgan fingerprint density at radius 2 is 1.71 bits per heavy atom. The summed E-state index contributed by atoms with van der Waals surface area (Å²) in [7, 11) is -3.59. The molecule has 0 aliphatic carbocycles. The SMILES string of the molecule is Cc1c(NC(=O)CCN2CCN(S(=O)(=O)c3ccc4ccccc4c3)CC2)cccc1[N+](=O)[O-]. The molecule has 0 atom stereocenters. The summed E-state index contributed by atoms with van der Waals surface area (Å²) in [4.78, 5) is 25.3. The van der Waals surface area contributed by atoms with Crippen LogP contribution in [-0.2, 0) is 14.8 Å². The van der Waals surface area contributed by atoms with Gasteiger partial charge in [-0.25, -0.2) is 8.42 Å². The molecule has 1 N–H and O–H groups in total. The van der Waals surface area contributed by atoms with E-state index in [0.717, 1.165) is 10.8 Å². The number of nitro benzene ring substituents is 1. The van der Waals surface area contributed by atoms with E-state index in [1.165, 1.54) is 16.4 Å². The van der Waals surface area contributed by atoms with Crippen molar-refractivity contribution in [2.24, 2.45) is 0 Å². The fraction of sp³-hybridized carbons (Fsp3) is 0.292. The number of rotatable bonds is 7. The van der Waals surface area contributed by atoms with Crippen LogP contribution in [-0.4, -0.2) is 61.2 Å². The number of hydrogen-bond donors (Lipinski definition) is 1. The molecule has 0 unspecified atom stereocenters. The molecule has 34 heavy (non-hydrogen) atoms. The first kappa shape index (κ1) is 23.8. The van der Waals surface area contributed by atoms with Gasteiger partial charge in [-0.05, 0) is 35.9 Å². The Hall–Kier alpha value is -3.34. The number of amides is 1. The van der Waals surface area contributed by atoms with Gasteiger partial charge in [-0.15, -0.1) is 0 Å². The highest BCUT2D eigenvalue weighted by molar-refractivity contribution is 7.89. The number of piperazine rings is 1. The molecule has 1 aliphatic heterocycles. The van der Waals surface area contributed by atoms with E-state index in [1.54, 1.807) is 25.1 Å². The minimum atomic E-state index is -3.59. The smallest absolute Gasteiger partial charge is 0.274 e. The van der Waals surface area contributed by atoms with E-state index in [1.807, 2.05) is 35.2 Å². The largest absolute Gasteiger partial charge is 0.326 e. The quantitative estimate of drug-likeness (QED) is 0.408. The molecule has 0 spiro atoms. The lowest BCUT2D eigenvalue weighted by molar-refractivity contribution is -0.385. The number of hydrogen-bond acceptors (Lipinski definition) is 6. The molecule has 3 aromatic carbocycles. The molecular formula is C24H26N4O5S. The summed E-state index contributed by atoms with van der Waals surface area (Å²) in [5.41, 5.74) is 0.792. The van der Waals surface area contributed by atoms with Crippen molar-refractivity contribution in [3.05, 3.63) is 76.3 Å². The number of nitrogens with zero attached hydrogens (tertiary/aromatic N) is 3. The summed E-state index contributed by atoms with van der Waals surface area (Å²) in [6.45, 7) is 3.82. The second kappa shape index (κ2) is 9.88. The zero-order valence-corrected chi connectivity index (χ0v) is 19.6. The van der Waals surface area contributed by atoms with E-state index in [2.05, 4.69) is 5.32 Å². The maximum Gasteiger partial charge on any atom is 0.274 e. The molecule has 0 radical (unpaired) electrons. The van der Waals surface area contributed by atoms with Gasteiger partial charge in [-0.3, -0.25) is 14.9 Å². The first-order valence-electron chi connectivity index (χ1n) is 11.0. The molecule has 1 heterocycles. The van der Waals surface area contributed by atoms with Crippen LogP contribution in [0.5, 0.6) is 0 Å². The Kier molecular flexibility index (Phi) is 6.92. The number of carbonyl (C=O) groups excluding carboxylic acids is 1. The lowest BCUT2D eigenvalue weighted by atomic mass is 10.1. The van der Waals surface area contributed by atoms with Crippen LogP contribution in [0.3, 0.4) is 0 Å². The Balaban J connectivity index is 1.31. The van der Waals surface area contributed by atoms with E-state index in [0.29, 0.717) is 44.0 Å². The van der Waals surface area contributed by atoms with Gasteiger partial charge in [0.25, 0.3) is 5.69 Å². The summed E-state index contributed by atoms with van der Waals surface area (Å²) >= 11 is 0. The summed E-state index contributed by atoms with van der Waals surface area (Å²) in [5, 5.41) is 15.7. The number of nitro groups is 1. The minimum Gasteiger partial charge on any atom is -0.326 e. The second-order valence-corrected chi connectivity index (χ2v) is 10.2. The van der Waals surface area contributed by atoms with Gasteiger partial charge in [-0.1, -0.05) is 36.4 Å². The van der Waals surface area contributed by atoms with Crippen molar-refractivity contribution in [1.29, 1.82) is 0 Å². The van der Waals surface area contributed by atoms with Crippen LogP contribution in [0.4, 0.5) is 11.4 Å². The highest BCUT2D eigenvalue weighted by Gasteiger charge is 2.28. The average molecular weight is 483 g/mol. The molecule has 1 fully saturated rings. The minimum absolute atomic E-state index is 0.0402. The third-order valence-electron chi connectivity index (χ3n) is 6.12. The van der Waals surface area contributed by atoms with E-state index in [4.69, 9.17) is 0 Å². The van der Waals surface area contributed by atoms with E-state index in [-0.39, 0.29) is 22.9 Å². The van der Waals surface area contributed by atoms with E-state index < -0.39 is 14.9 Å². The first-order chi connectivity index (χ1) is 16.3. The van der Waals surface area contributed by atoms with Crippen LogP contribution < -0.4 is 5.32 Å². The van der Waals surface area contributed by atoms with Crippen LogP contribution in [0.25, 0.3) is 10.8 Å². The summed E-state index contributed by atoms with van der Waals surface area (Å²) < 4.78 is 27.7. The molecule has 3 aromatic rings. The molecule has 178 valence electrons. The third kappa shape index (κ3) is 5.09. The lowest BCUT2D eigenvalue weighted by Crippen LogP contribution is -2.49. The van der Waals surface area contributed by atoms with Crippen LogP contribution in [0.15, 0.2) is 65.6 Å². The van der Waals surface area contributed by atoms with Crippen molar-refractivity contribution in [2.75, 3.05) is 38.0 Å². The van der Waals surface area contributed by atoms with Gasteiger partial charge in [0.05, 0.1) is 21.1 Å². The molecular weight excluding hydrogens is 456 g/mol. The maximum atomic E-state index is 13.1. The number of carbonyl (C=O) groups is 1. The number of sulfonamides is 1. The molecule has 1 aliphatic rings. The predicted octanol–water partition coefficient (Wildman–Crippen LogP) is 3.39. The van der Waals surface area contributed by atoms with Crippen molar-refractivity contribution in [3.63, 3.8) is 0 Å². The molecule has 0 saturated carbocycles. The van der Waals surface area contributed by atoms with Gasteiger partial charge in [0.1, 0.15) is 0 Å². The monoisotopic (exact) mass is 482 g/mol. The molecule has 1 amide bonds. The lowest BCUT2D eigenvalue weighted by Gasteiger charge is -2.33. The highest BCUT2D eigenvalue weighted by Crippen LogP contribution is 2.25. The zero-order valence-electron chi connectivity index (χ0n) is 18.8. The van der Waals surface area contributed by atoms with Crippen molar-refractivity contribution in [1.82, 2.24) is 9.21 Å². The average Bonchev–Trinajstić information content (AvgIpc) is 2.84. The van der Waals surface area contributed by atoms with Crippen molar-refractivity contribution >= 4 is 38.1 Å². The molecule has 1 saturated heterocycles. The van der Waals surface area contributed by atoms with Gasteiger partial charge in [0.15, 0.2) is 0 Å². The topological polar surface area (TPSA) is 113 Å². The molecule has 4 rings (SSSR count). The molecule has 0 bridgehead atoms. The maximum absolute atomic E-state index is 13.1. The summed E-state index contributed by atoms with van der Waals surface area (Å²) in [6.07, 6.45) is 0.208. The predicted molar refractivity (Wildman–Crippen MR) is 130 cm³/mol. The Bertz CT molecular complexity index is 1330. The first-order valence-corrected chi connectivity index (χ1v) is 12.4. The van der Waals surface area contributed by atoms with Crippen LogP contribution >= 0.6 is 0 Å². The second-order valence-electron chi connectivity index (χ2n) is 8.26. The number of anilines is 1. The van der Waals surface area contributed by atoms with Gasteiger partial charge < -0.3 is 10.2 Å². The number of fused-ring (bicyclic) bond motifs is 1. The zero-order chi connectivity index (χ0) is 24.3. The number of benzene rings is 3. The molecule has 10 heteroatoms. The highest BCUT2D eigenvalue weighted by atomic mass is 32.2. The molecule has 0 aromatic heterocycles. The van der Waals surface area contributed by atoms with Crippen LogP contribution in [0.1, 0.15) is 12.0 Å². The summed E-state index contributed by atoms with van der Waals surface area (Å²) in [5.74, 6) is -0.241. The Morgan fingerprint density at radius 3 is 2.41 bits per heavy atom. The standard InChI is InChI=1S/C24H26N4O5S/c1-18-22(7-4-8-23(18)28(30)31)25-24(29)11-12-26-13-15-27(16-14-26)34(32,33)21-10-9-19-5-2-3-6-20(19)17-21/h2-10,17H,11-16H2,1H3,(H,25,29). The van der Waals surface area contributed by atoms with Crippen LogP contribution in [0, 0.1) is 17.0 Å². The van der Waals surface area contributed by atoms with E-state index in [9.17, 15) is 23.3 Å².